The maximum atomic E-state index is 12.6. The Bertz CT molecular complexity index is 1130. The van der Waals surface area contributed by atoms with Crippen LogP contribution in [0.3, 0.4) is 0 Å². The number of hydrogen-bond donors (Lipinski definition) is 2. The molecular formula is C22H25F3N8O3. The molecule has 4 rings (SSSR count). The molecule has 11 nitrogen and oxygen atoms in total. The predicted octanol–water partition coefficient (Wildman–Crippen LogP) is 2.12. The number of anilines is 2. The summed E-state index contributed by atoms with van der Waals surface area (Å²) in [5.41, 5.74) is 5.18. The number of ether oxygens (including phenoxy) is 2. The van der Waals surface area contributed by atoms with E-state index < -0.39 is 29.9 Å². The van der Waals surface area contributed by atoms with E-state index in [0.717, 1.165) is 12.8 Å². The topological polar surface area (TPSA) is 152 Å². The van der Waals surface area contributed by atoms with Gasteiger partial charge in [0.2, 0.25) is 11.8 Å². The molecule has 1 saturated carbocycles. The van der Waals surface area contributed by atoms with Crippen LogP contribution in [-0.4, -0.2) is 64.9 Å². The summed E-state index contributed by atoms with van der Waals surface area (Å²) in [7, 11) is 0. The molecule has 3 N–H and O–H groups in total. The zero-order valence-electron chi connectivity index (χ0n) is 19.3. The lowest BCUT2D eigenvalue weighted by molar-refractivity contribution is -0.123. The number of pyridine rings is 1. The van der Waals surface area contributed by atoms with E-state index in [1.54, 1.807) is 28.5 Å². The van der Waals surface area contributed by atoms with Crippen molar-refractivity contribution in [2.45, 2.75) is 31.9 Å². The standard InChI is InChI=1S/C22H25F3N8O3/c23-22(24,25)12-29-18(34)17-30-19(32-20(31-17)36-13-21(11-26)5-6-21)33-8-3-14(4-9-33)10-35-15-2-1-7-28-16(15)27/h1-2,7,14H,3-6,8-10,12-13H2,(H2,27,28)(H,29,34). The summed E-state index contributed by atoms with van der Waals surface area (Å²) in [5, 5.41) is 11.0. The van der Waals surface area contributed by atoms with Gasteiger partial charge in [-0.2, -0.15) is 33.4 Å². The van der Waals surface area contributed by atoms with Crippen LogP contribution in [0.2, 0.25) is 0 Å². The minimum Gasteiger partial charge on any atom is -0.489 e. The Morgan fingerprint density at radius 3 is 2.64 bits per heavy atom. The third kappa shape index (κ3) is 6.61. The van der Waals surface area contributed by atoms with Crippen molar-refractivity contribution >= 4 is 17.7 Å². The molecule has 3 heterocycles. The highest BCUT2D eigenvalue weighted by Gasteiger charge is 2.44. The maximum absolute atomic E-state index is 12.6. The Kier molecular flexibility index (Phi) is 7.27. The molecule has 2 aromatic rings. The van der Waals surface area contributed by atoms with Crippen molar-refractivity contribution in [2.24, 2.45) is 11.3 Å². The number of nitrogens with two attached hydrogens (primary N) is 1. The molecule has 2 fully saturated rings. The number of carbonyl (C=O) groups excluding carboxylic acids is 1. The molecule has 1 amide bonds. The van der Waals surface area contributed by atoms with E-state index >= 15 is 0 Å². The molecule has 0 unspecified atom stereocenters. The van der Waals surface area contributed by atoms with Gasteiger partial charge in [-0.25, -0.2) is 4.98 Å². The fraction of sp³-hybridized carbons (Fsp3) is 0.545. The second kappa shape index (κ2) is 10.4. The fourth-order valence-corrected chi connectivity index (χ4v) is 3.59. The second-order valence-corrected chi connectivity index (χ2v) is 8.85. The average Bonchev–Trinajstić information content (AvgIpc) is 3.66. The van der Waals surface area contributed by atoms with Gasteiger partial charge in [0.25, 0.3) is 5.91 Å². The van der Waals surface area contributed by atoms with Gasteiger partial charge in [-0.05, 0) is 43.7 Å². The number of aromatic nitrogens is 4. The van der Waals surface area contributed by atoms with Gasteiger partial charge < -0.3 is 25.4 Å². The van der Waals surface area contributed by atoms with E-state index in [1.807, 2.05) is 0 Å². The molecular weight excluding hydrogens is 481 g/mol. The Balaban J connectivity index is 1.42. The van der Waals surface area contributed by atoms with Gasteiger partial charge in [-0.1, -0.05) is 0 Å². The van der Waals surface area contributed by atoms with Crippen LogP contribution in [0, 0.1) is 22.7 Å². The predicted molar refractivity (Wildman–Crippen MR) is 120 cm³/mol. The average molecular weight is 506 g/mol. The number of amides is 1. The van der Waals surface area contributed by atoms with E-state index in [1.165, 1.54) is 0 Å². The smallest absolute Gasteiger partial charge is 0.405 e. The first-order valence-corrected chi connectivity index (χ1v) is 11.4. The zero-order valence-corrected chi connectivity index (χ0v) is 19.3. The van der Waals surface area contributed by atoms with Crippen LogP contribution in [0.1, 0.15) is 36.3 Å². The molecule has 1 saturated heterocycles. The first-order valence-electron chi connectivity index (χ1n) is 11.4. The number of alkyl halides is 3. The van der Waals surface area contributed by atoms with Crippen molar-refractivity contribution in [3.05, 3.63) is 24.2 Å². The quantitative estimate of drug-likeness (QED) is 0.517. The lowest BCUT2D eigenvalue weighted by Crippen LogP contribution is -2.38. The highest BCUT2D eigenvalue weighted by Crippen LogP contribution is 2.44. The molecule has 192 valence electrons. The van der Waals surface area contributed by atoms with Crippen molar-refractivity contribution in [2.75, 3.05) is 43.5 Å². The monoisotopic (exact) mass is 506 g/mol. The van der Waals surface area contributed by atoms with Gasteiger partial charge in [0, 0.05) is 19.3 Å². The van der Waals surface area contributed by atoms with Gasteiger partial charge in [-0.3, -0.25) is 4.79 Å². The van der Waals surface area contributed by atoms with Crippen LogP contribution >= 0.6 is 0 Å². The number of nitrogen functional groups attached to an aromatic ring is 1. The Hall–Kier alpha value is -3.89. The van der Waals surface area contributed by atoms with Crippen LogP contribution in [0.5, 0.6) is 11.8 Å². The number of nitrogens with zero attached hydrogens (tertiary/aromatic N) is 6. The molecule has 0 spiro atoms. The number of nitriles is 1. The van der Waals surface area contributed by atoms with Crippen molar-refractivity contribution in [1.29, 1.82) is 5.26 Å². The molecule has 36 heavy (non-hydrogen) atoms. The second-order valence-electron chi connectivity index (χ2n) is 8.85. The van der Waals surface area contributed by atoms with Crippen molar-refractivity contribution in [3.63, 3.8) is 0 Å². The van der Waals surface area contributed by atoms with Gasteiger partial charge in [0.05, 0.1) is 18.1 Å². The summed E-state index contributed by atoms with van der Waals surface area (Å²) in [4.78, 5) is 30.4. The molecule has 0 atom stereocenters. The van der Waals surface area contributed by atoms with E-state index in [0.29, 0.717) is 44.1 Å². The third-order valence-electron chi connectivity index (χ3n) is 6.00. The largest absolute Gasteiger partial charge is 0.489 e. The minimum absolute atomic E-state index is 0.0213. The third-order valence-corrected chi connectivity index (χ3v) is 6.00. The highest BCUT2D eigenvalue weighted by molar-refractivity contribution is 5.90. The lowest BCUT2D eigenvalue weighted by atomic mass is 9.98. The Morgan fingerprint density at radius 1 is 1.25 bits per heavy atom. The number of halogens is 3. The summed E-state index contributed by atoms with van der Waals surface area (Å²) in [6.07, 6.45) is -0.234. The lowest BCUT2D eigenvalue weighted by Gasteiger charge is -2.32. The van der Waals surface area contributed by atoms with Gasteiger partial charge >= 0.3 is 12.2 Å². The van der Waals surface area contributed by atoms with Crippen LogP contribution in [0.4, 0.5) is 24.9 Å². The van der Waals surface area contributed by atoms with E-state index in [9.17, 15) is 23.2 Å². The van der Waals surface area contributed by atoms with Gasteiger partial charge in [0.15, 0.2) is 11.6 Å². The summed E-state index contributed by atoms with van der Waals surface area (Å²) >= 11 is 0. The van der Waals surface area contributed by atoms with Gasteiger partial charge in [-0.15, -0.1) is 0 Å². The summed E-state index contributed by atoms with van der Waals surface area (Å²) < 4.78 is 49.0. The molecule has 1 aliphatic heterocycles. The van der Waals surface area contributed by atoms with Crippen molar-refractivity contribution in [3.8, 4) is 17.8 Å². The van der Waals surface area contributed by atoms with E-state index in [-0.39, 0.29) is 24.5 Å². The Labute approximate surface area is 204 Å². The number of hydrogen-bond acceptors (Lipinski definition) is 10. The summed E-state index contributed by atoms with van der Waals surface area (Å²) in [6.45, 7) is -0.0188. The first kappa shape index (κ1) is 25.2. The molecule has 0 radical (unpaired) electrons. The number of rotatable bonds is 9. The van der Waals surface area contributed by atoms with E-state index in [4.69, 9.17) is 15.2 Å². The molecule has 1 aliphatic carbocycles. The van der Waals surface area contributed by atoms with Crippen molar-refractivity contribution in [1.82, 2.24) is 25.3 Å². The molecule has 14 heteroatoms. The number of carbonyl (C=O) groups is 1. The SMILES string of the molecule is N#CC1(COc2nc(C(=O)NCC(F)(F)F)nc(N3CCC(COc4cccnc4N)CC3)n2)CC1. The van der Waals surface area contributed by atoms with Crippen LogP contribution in [0.15, 0.2) is 18.3 Å². The molecule has 2 aliphatic rings. The van der Waals surface area contributed by atoms with Gasteiger partial charge in [0.1, 0.15) is 13.2 Å². The minimum atomic E-state index is -4.58. The molecule has 0 bridgehead atoms. The number of piperidine rings is 1. The van der Waals surface area contributed by atoms with Crippen molar-refractivity contribution < 1.29 is 27.4 Å². The zero-order chi connectivity index (χ0) is 25.8. The normalized spacial score (nSPS) is 17.2. The Morgan fingerprint density at radius 2 is 2.00 bits per heavy atom. The van der Waals surface area contributed by atoms with Crippen LogP contribution < -0.4 is 25.4 Å². The fourth-order valence-electron chi connectivity index (χ4n) is 3.59. The number of nitrogens with one attached hydrogen (secondary N) is 1. The first-order chi connectivity index (χ1) is 17.2. The van der Waals surface area contributed by atoms with Crippen LogP contribution in [0.25, 0.3) is 0 Å². The van der Waals surface area contributed by atoms with E-state index in [2.05, 4.69) is 26.0 Å². The summed E-state index contributed by atoms with van der Waals surface area (Å²) in [5.74, 6) is -0.417. The van der Waals surface area contributed by atoms with Crippen LogP contribution in [-0.2, 0) is 0 Å². The highest BCUT2D eigenvalue weighted by atomic mass is 19.4. The molecule has 2 aromatic heterocycles. The summed E-state index contributed by atoms with van der Waals surface area (Å²) in [6, 6.07) is 5.44. The maximum Gasteiger partial charge on any atom is 0.405 e. The molecule has 0 aromatic carbocycles.